The molecule has 1 saturated heterocycles. The van der Waals surface area contributed by atoms with Gasteiger partial charge in [0.1, 0.15) is 0 Å². The summed E-state index contributed by atoms with van der Waals surface area (Å²) in [6.45, 7) is 5.89. The molecule has 3 N–H and O–H groups in total. The van der Waals surface area contributed by atoms with E-state index in [1.54, 1.807) is 0 Å². The van der Waals surface area contributed by atoms with Gasteiger partial charge in [0.25, 0.3) is 0 Å². The molecule has 0 radical (unpaired) electrons. The van der Waals surface area contributed by atoms with Crippen LogP contribution in [0.5, 0.6) is 0 Å². The number of carbonyl (C=O) groups is 1. The van der Waals surface area contributed by atoms with Gasteiger partial charge < -0.3 is 15.7 Å². The third-order valence-electron chi connectivity index (χ3n) is 3.99. The van der Waals surface area contributed by atoms with Crippen LogP contribution in [0.2, 0.25) is 0 Å². The molecule has 0 saturated carbocycles. The molecular weight excluding hydrogens is 228 g/mol. The number of carbonyl (C=O) groups excluding carboxylic acids is 1. The topological polar surface area (TPSA) is 66.6 Å². The van der Waals surface area contributed by atoms with Crippen molar-refractivity contribution < 1.29 is 9.90 Å². The van der Waals surface area contributed by atoms with Crippen LogP contribution in [-0.4, -0.2) is 41.7 Å². The van der Waals surface area contributed by atoms with E-state index in [2.05, 4.69) is 13.8 Å². The summed E-state index contributed by atoms with van der Waals surface area (Å²) in [6, 6.07) is 0.0453. The highest BCUT2D eigenvalue weighted by Gasteiger charge is 2.27. The Bertz CT molecular complexity index is 267. The number of aliphatic hydroxyl groups is 1. The number of hydrogen-bond donors (Lipinski definition) is 2. The largest absolute Gasteiger partial charge is 0.394 e. The van der Waals surface area contributed by atoms with Gasteiger partial charge in [-0.1, -0.05) is 13.8 Å². The van der Waals surface area contributed by atoms with Crippen LogP contribution >= 0.6 is 0 Å². The number of nitrogens with zero attached hydrogens (tertiary/aromatic N) is 1. The molecule has 0 bridgehead atoms. The molecule has 0 aromatic rings. The molecule has 0 aromatic heterocycles. The Balaban J connectivity index is 2.44. The molecule has 18 heavy (non-hydrogen) atoms. The predicted molar refractivity (Wildman–Crippen MR) is 73.1 cm³/mol. The maximum atomic E-state index is 12.2. The lowest BCUT2D eigenvalue weighted by molar-refractivity contribution is -0.136. The Kier molecular flexibility index (Phi) is 6.09. The molecule has 1 unspecified atom stereocenters. The number of rotatable bonds is 6. The summed E-state index contributed by atoms with van der Waals surface area (Å²) in [5, 5.41) is 9.31. The van der Waals surface area contributed by atoms with Gasteiger partial charge in [-0.3, -0.25) is 4.79 Å². The third kappa shape index (κ3) is 4.58. The first-order valence-corrected chi connectivity index (χ1v) is 7.10. The number of likely N-dealkylation sites (tertiary alicyclic amines) is 1. The number of aliphatic hydroxyl groups excluding tert-OH is 1. The standard InChI is InChI=1S/C14H28N2O2/c1-14(2,8-9-15)7-6-13(18)16-10-4-3-5-12(16)11-17/h12,17H,3-11,15H2,1-2H3. The van der Waals surface area contributed by atoms with E-state index >= 15 is 0 Å². The van der Waals surface area contributed by atoms with E-state index in [1.165, 1.54) is 0 Å². The van der Waals surface area contributed by atoms with E-state index in [-0.39, 0.29) is 24.0 Å². The van der Waals surface area contributed by atoms with E-state index in [4.69, 9.17) is 5.73 Å². The van der Waals surface area contributed by atoms with E-state index in [1.807, 2.05) is 4.90 Å². The fourth-order valence-electron chi connectivity index (χ4n) is 2.62. The highest BCUT2D eigenvalue weighted by Crippen LogP contribution is 2.27. The van der Waals surface area contributed by atoms with Crippen LogP contribution in [0.1, 0.15) is 52.4 Å². The second-order valence-corrected chi connectivity index (χ2v) is 6.12. The number of amides is 1. The molecule has 4 nitrogen and oxygen atoms in total. The van der Waals surface area contributed by atoms with Gasteiger partial charge in [0.05, 0.1) is 12.6 Å². The maximum Gasteiger partial charge on any atom is 0.222 e. The summed E-state index contributed by atoms with van der Waals surface area (Å²) >= 11 is 0. The van der Waals surface area contributed by atoms with Gasteiger partial charge in [-0.2, -0.15) is 0 Å². The lowest BCUT2D eigenvalue weighted by Crippen LogP contribution is -2.45. The van der Waals surface area contributed by atoms with Gasteiger partial charge in [0, 0.05) is 13.0 Å². The van der Waals surface area contributed by atoms with Crippen LogP contribution in [-0.2, 0) is 4.79 Å². The first-order valence-electron chi connectivity index (χ1n) is 7.10. The number of nitrogens with two attached hydrogens (primary N) is 1. The molecule has 1 amide bonds. The number of hydrogen-bond acceptors (Lipinski definition) is 3. The zero-order chi connectivity index (χ0) is 13.6. The van der Waals surface area contributed by atoms with Crippen molar-refractivity contribution in [2.24, 2.45) is 11.1 Å². The van der Waals surface area contributed by atoms with E-state index in [9.17, 15) is 9.90 Å². The highest BCUT2D eigenvalue weighted by atomic mass is 16.3. The van der Waals surface area contributed by atoms with Crippen LogP contribution in [0.15, 0.2) is 0 Å². The summed E-state index contributed by atoms with van der Waals surface area (Å²) < 4.78 is 0. The van der Waals surface area contributed by atoms with Crippen molar-refractivity contribution in [3.05, 3.63) is 0 Å². The SMILES string of the molecule is CC(C)(CCN)CCC(=O)N1CCCCC1CO. The quantitative estimate of drug-likeness (QED) is 0.757. The second-order valence-electron chi connectivity index (χ2n) is 6.12. The Morgan fingerprint density at radius 3 is 2.72 bits per heavy atom. The molecule has 106 valence electrons. The molecule has 1 fully saturated rings. The average molecular weight is 256 g/mol. The monoisotopic (exact) mass is 256 g/mol. The molecule has 0 spiro atoms. The first-order chi connectivity index (χ1) is 8.50. The molecule has 1 aliphatic rings. The highest BCUT2D eigenvalue weighted by molar-refractivity contribution is 5.76. The van der Waals surface area contributed by atoms with Gasteiger partial charge in [-0.25, -0.2) is 0 Å². The fraction of sp³-hybridized carbons (Fsp3) is 0.929. The van der Waals surface area contributed by atoms with Crippen LogP contribution in [0.4, 0.5) is 0 Å². The Labute approximate surface area is 111 Å². The summed E-state index contributed by atoms with van der Waals surface area (Å²) in [5.74, 6) is 0.193. The van der Waals surface area contributed by atoms with Gasteiger partial charge in [-0.15, -0.1) is 0 Å². The van der Waals surface area contributed by atoms with Crippen LogP contribution in [0.3, 0.4) is 0 Å². The van der Waals surface area contributed by atoms with E-state index < -0.39 is 0 Å². The molecule has 1 heterocycles. The second kappa shape index (κ2) is 7.10. The lowest BCUT2D eigenvalue weighted by Gasteiger charge is -2.35. The van der Waals surface area contributed by atoms with Crippen LogP contribution in [0, 0.1) is 5.41 Å². The van der Waals surface area contributed by atoms with Gasteiger partial charge in [0.15, 0.2) is 0 Å². The first kappa shape index (κ1) is 15.4. The van der Waals surface area contributed by atoms with Crippen molar-refractivity contribution in [3.8, 4) is 0 Å². The van der Waals surface area contributed by atoms with Crippen molar-refractivity contribution in [2.75, 3.05) is 19.7 Å². The molecule has 4 heteroatoms. The number of piperidine rings is 1. The summed E-state index contributed by atoms with van der Waals surface area (Å²) in [7, 11) is 0. The minimum atomic E-state index is 0.0453. The van der Waals surface area contributed by atoms with E-state index in [0.717, 1.165) is 38.6 Å². The van der Waals surface area contributed by atoms with E-state index in [0.29, 0.717) is 13.0 Å². The van der Waals surface area contributed by atoms with Crippen molar-refractivity contribution >= 4 is 5.91 Å². The molecule has 1 atom stereocenters. The normalized spacial score (nSPS) is 21.1. The summed E-state index contributed by atoms with van der Waals surface area (Å²) in [6.07, 6.45) is 5.52. The Morgan fingerprint density at radius 1 is 1.39 bits per heavy atom. The molecule has 0 aliphatic carbocycles. The van der Waals surface area contributed by atoms with Gasteiger partial charge in [0.2, 0.25) is 5.91 Å². The molecule has 1 aliphatic heterocycles. The smallest absolute Gasteiger partial charge is 0.222 e. The van der Waals surface area contributed by atoms with Gasteiger partial charge >= 0.3 is 0 Å². The minimum absolute atomic E-state index is 0.0453. The summed E-state index contributed by atoms with van der Waals surface area (Å²) in [5.41, 5.74) is 5.71. The summed E-state index contributed by atoms with van der Waals surface area (Å²) in [4.78, 5) is 14.1. The average Bonchev–Trinajstić information content (AvgIpc) is 2.36. The van der Waals surface area contributed by atoms with Crippen molar-refractivity contribution in [2.45, 2.75) is 58.4 Å². The maximum absolute atomic E-state index is 12.2. The lowest BCUT2D eigenvalue weighted by atomic mass is 9.84. The predicted octanol–water partition coefficient (Wildman–Crippen LogP) is 1.51. The van der Waals surface area contributed by atoms with Crippen molar-refractivity contribution in [3.63, 3.8) is 0 Å². The van der Waals surface area contributed by atoms with Gasteiger partial charge in [-0.05, 0) is 44.1 Å². The Morgan fingerprint density at radius 2 is 2.11 bits per heavy atom. The Hall–Kier alpha value is -0.610. The van der Waals surface area contributed by atoms with Crippen LogP contribution in [0.25, 0.3) is 0 Å². The van der Waals surface area contributed by atoms with Crippen LogP contribution < -0.4 is 5.73 Å². The minimum Gasteiger partial charge on any atom is -0.394 e. The molecular formula is C14H28N2O2. The zero-order valence-corrected chi connectivity index (χ0v) is 11.8. The van der Waals surface area contributed by atoms with Crippen molar-refractivity contribution in [1.82, 2.24) is 4.90 Å². The zero-order valence-electron chi connectivity index (χ0n) is 11.8. The molecule has 1 rings (SSSR count). The molecule has 0 aromatic carbocycles. The van der Waals surface area contributed by atoms with Crippen molar-refractivity contribution in [1.29, 1.82) is 0 Å². The third-order valence-corrected chi connectivity index (χ3v) is 3.99. The fourth-order valence-corrected chi connectivity index (χ4v) is 2.62.